The van der Waals surface area contributed by atoms with Crippen LogP contribution in [0.15, 0.2) is 24.3 Å². The van der Waals surface area contributed by atoms with Crippen molar-refractivity contribution in [3.8, 4) is 0 Å². The number of carbonyl (C=O) groups is 1. The Morgan fingerprint density at radius 3 is 2.40 bits per heavy atom. The zero-order chi connectivity index (χ0) is 14.5. The van der Waals surface area contributed by atoms with Gasteiger partial charge in [0.1, 0.15) is 0 Å². The van der Waals surface area contributed by atoms with E-state index in [-0.39, 0.29) is 11.9 Å². The lowest BCUT2D eigenvalue weighted by Gasteiger charge is -2.15. The lowest BCUT2D eigenvalue weighted by Crippen LogP contribution is -2.36. The quantitative estimate of drug-likeness (QED) is 0.803. The van der Waals surface area contributed by atoms with E-state index in [0.29, 0.717) is 18.5 Å². The summed E-state index contributed by atoms with van der Waals surface area (Å²) in [7, 11) is 0. The van der Waals surface area contributed by atoms with Gasteiger partial charge in [-0.15, -0.1) is 0 Å². The summed E-state index contributed by atoms with van der Waals surface area (Å²) in [5.74, 6) is 0.790. The first kappa shape index (κ1) is 15.0. The smallest absolute Gasteiger partial charge is 0.234 e. The predicted octanol–water partition coefficient (Wildman–Crippen LogP) is 2.81. The van der Waals surface area contributed by atoms with Crippen molar-refractivity contribution in [3.05, 3.63) is 35.4 Å². The number of carbonyl (C=O) groups excluding carboxylic acids is 1. The average molecular weight is 274 g/mol. The largest absolute Gasteiger partial charge is 0.352 e. The topological polar surface area (TPSA) is 41.1 Å². The Bertz CT molecular complexity index is 435. The SMILES string of the molecule is CC(C)Cc1ccc(C(C)NCC(=O)NC2CC2)cc1. The third kappa shape index (κ3) is 4.97. The van der Waals surface area contributed by atoms with Gasteiger partial charge in [-0.05, 0) is 43.2 Å². The zero-order valence-electron chi connectivity index (χ0n) is 12.8. The van der Waals surface area contributed by atoms with E-state index < -0.39 is 0 Å². The van der Waals surface area contributed by atoms with E-state index in [1.54, 1.807) is 0 Å². The summed E-state index contributed by atoms with van der Waals surface area (Å²) in [6, 6.07) is 9.35. The van der Waals surface area contributed by atoms with Crippen LogP contribution in [0, 0.1) is 5.92 Å². The Kier molecular flexibility index (Phi) is 5.18. The molecule has 0 spiro atoms. The van der Waals surface area contributed by atoms with Gasteiger partial charge in [-0.2, -0.15) is 0 Å². The Labute approximate surface area is 122 Å². The Hall–Kier alpha value is -1.35. The molecule has 3 heteroatoms. The molecule has 2 N–H and O–H groups in total. The van der Waals surface area contributed by atoms with Crippen molar-refractivity contribution < 1.29 is 4.79 Å². The number of rotatable bonds is 7. The first-order valence-electron chi connectivity index (χ1n) is 7.66. The van der Waals surface area contributed by atoms with Crippen molar-refractivity contribution in [1.29, 1.82) is 0 Å². The van der Waals surface area contributed by atoms with E-state index in [0.717, 1.165) is 19.3 Å². The first-order valence-corrected chi connectivity index (χ1v) is 7.66. The van der Waals surface area contributed by atoms with E-state index in [1.807, 2.05) is 0 Å². The number of benzene rings is 1. The molecule has 20 heavy (non-hydrogen) atoms. The van der Waals surface area contributed by atoms with Crippen LogP contribution in [0.4, 0.5) is 0 Å². The standard InChI is InChI=1S/C17H26N2O/c1-12(2)10-14-4-6-15(7-5-14)13(3)18-11-17(20)19-16-8-9-16/h4-7,12-13,16,18H,8-11H2,1-3H3,(H,19,20). The summed E-state index contributed by atoms with van der Waals surface area (Å²) in [6.07, 6.45) is 3.39. The molecule has 0 bridgehead atoms. The van der Waals surface area contributed by atoms with Gasteiger partial charge in [-0.25, -0.2) is 0 Å². The van der Waals surface area contributed by atoms with Crippen LogP contribution in [-0.2, 0) is 11.2 Å². The molecular weight excluding hydrogens is 248 g/mol. The van der Waals surface area contributed by atoms with Crippen molar-refractivity contribution in [2.24, 2.45) is 5.92 Å². The van der Waals surface area contributed by atoms with Crippen molar-refractivity contribution >= 4 is 5.91 Å². The van der Waals surface area contributed by atoms with E-state index in [2.05, 4.69) is 55.7 Å². The van der Waals surface area contributed by atoms with Crippen molar-refractivity contribution in [3.63, 3.8) is 0 Å². The molecule has 0 aromatic heterocycles. The molecule has 1 aromatic carbocycles. The molecule has 0 radical (unpaired) electrons. The van der Waals surface area contributed by atoms with Crippen LogP contribution in [-0.4, -0.2) is 18.5 Å². The van der Waals surface area contributed by atoms with Gasteiger partial charge >= 0.3 is 0 Å². The summed E-state index contributed by atoms with van der Waals surface area (Å²) in [5, 5.41) is 6.27. The molecule has 1 aromatic rings. The van der Waals surface area contributed by atoms with E-state index in [1.165, 1.54) is 11.1 Å². The maximum atomic E-state index is 11.6. The minimum absolute atomic E-state index is 0.107. The van der Waals surface area contributed by atoms with E-state index in [9.17, 15) is 4.79 Å². The molecule has 1 fully saturated rings. The molecule has 1 amide bonds. The first-order chi connectivity index (χ1) is 9.54. The molecular formula is C17H26N2O. The van der Waals surface area contributed by atoms with Crippen LogP contribution >= 0.6 is 0 Å². The number of nitrogens with one attached hydrogen (secondary N) is 2. The number of hydrogen-bond donors (Lipinski definition) is 2. The molecule has 1 saturated carbocycles. The fourth-order valence-electron chi connectivity index (χ4n) is 2.28. The second-order valence-corrected chi connectivity index (χ2v) is 6.28. The third-order valence-electron chi connectivity index (χ3n) is 3.63. The summed E-state index contributed by atoms with van der Waals surface area (Å²) in [4.78, 5) is 11.6. The Morgan fingerprint density at radius 2 is 1.85 bits per heavy atom. The Balaban J connectivity index is 1.78. The summed E-state index contributed by atoms with van der Waals surface area (Å²) in [6.45, 7) is 6.96. The molecule has 1 aliphatic rings. The van der Waals surface area contributed by atoms with Crippen molar-refractivity contribution in [2.45, 2.75) is 52.1 Å². The highest BCUT2D eigenvalue weighted by Gasteiger charge is 2.23. The molecule has 1 atom stereocenters. The Morgan fingerprint density at radius 1 is 1.20 bits per heavy atom. The minimum Gasteiger partial charge on any atom is -0.352 e. The van der Waals surface area contributed by atoms with E-state index >= 15 is 0 Å². The number of hydrogen-bond acceptors (Lipinski definition) is 2. The van der Waals surface area contributed by atoms with Crippen LogP contribution in [0.1, 0.15) is 50.8 Å². The maximum Gasteiger partial charge on any atom is 0.234 e. The molecule has 1 unspecified atom stereocenters. The van der Waals surface area contributed by atoms with Crippen LogP contribution in [0.25, 0.3) is 0 Å². The molecule has 1 aliphatic carbocycles. The van der Waals surface area contributed by atoms with Gasteiger partial charge in [0, 0.05) is 12.1 Å². The summed E-state index contributed by atoms with van der Waals surface area (Å²) < 4.78 is 0. The van der Waals surface area contributed by atoms with Crippen molar-refractivity contribution in [2.75, 3.05) is 6.54 Å². The molecule has 0 aliphatic heterocycles. The molecule has 2 rings (SSSR count). The second kappa shape index (κ2) is 6.89. The zero-order valence-corrected chi connectivity index (χ0v) is 12.8. The van der Waals surface area contributed by atoms with Gasteiger partial charge in [-0.1, -0.05) is 38.1 Å². The lowest BCUT2D eigenvalue weighted by molar-refractivity contribution is -0.120. The predicted molar refractivity (Wildman–Crippen MR) is 82.6 cm³/mol. The average Bonchev–Trinajstić information content (AvgIpc) is 3.20. The van der Waals surface area contributed by atoms with Crippen LogP contribution in [0.3, 0.4) is 0 Å². The fourth-order valence-corrected chi connectivity index (χ4v) is 2.28. The number of amides is 1. The van der Waals surface area contributed by atoms with Gasteiger partial charge in [-0.3, -0.25) is 4.79 Å². The lowest BCUT2D eigenvalue weighted by atomic mass is 10.00. The van der Waals surface area contributed by atoms with Crippen LogP contribution in [0.2, 0.25) is 0 Å². The maximum absolute atomic E-state index is 11.6. The van der Waals surface area contributed by atoms with Gasteiger partial charge < -0.3 is 10.6 Å². The molecule has 3 nitrogen and oxygen atoms in total. The molecule has 110 valence electrons. The molecule has 0 heterocycles. The van der Waals surface area contributed by atoms with Crippen LogP contribution < -0.4 is 10.6 Å². The molecule has 0 saturated heterocycles. The van der Waals surface area contributed by atoms with Gasteiger partial charge in [0.05, 0.1) is 6.54 Å². The van der Waals surface area contributed by atoms with Gasteiger partial charge in [0.15, 0.2) is 0 Å². The van der Waals surface area contributed by atoms with E-state index in [4.69, 9.17) is 0 Å². The third-order valence-corrected chi connectivity index (χ3v) is 3.63. The van der Waals surface area contributed by atoms with Gasteiger partial charge in [0.2, 0.25) is 5.91 Å². The summed E-state index contributed by atoms with van der Waals surface area (Å²) >= 11 is 0. The normalized spacial score (nSPS) is 16.2. The van der Waals surface area contributed by atoms with Gasteiger partial charge in [0.25, 0.3) is 0 Å². The highest BCUT2D eigenvalue weighted by atomic mass is 16.2. The van der Waals surface area contributed by atoms with Crippen molar-refractivity contribution in [1.82, 2.24) is 10.6 Å². The monoisotopic (exact) mass is 274 g/mol. The second-order valence-electron chi connectivity index (χ2n) is 6.28. The minimum atomic E-state index is 0.107. The highest BCUT2D eigenvalue weighted by molar-refractivity contribution is 5.78. The van der Waals surface area contributed by atoms with Crippen LogP contribution in [0.5, 0.6) is 0 Å². The fraction of sp³-hybridized carbons (Fsp3) is 0.588. The highest BCUT2D eigenvalue weighted by Crippen LogP contribution is 2.18. The summed E-state index contributed by atoms with van der Waals surface area (Å²) in [5.41, 5.74) is 2.61.